The van der Waals surface area contributed by atoms with E-state index in [1.165, 1.54) is 13.0 Å². The lowest BCUT2D eigenvalue weighted by atomic mass is 9.74. The summed E-state index contributed by atoms with van der Waals surface area (Å²) in [6.45, 7) is 5.92. The summed E-state index contributed by atoms with van der Waals surface area (Å²) in [6, 6.07) is 14.0. The summed E-state index contributed by atoms with van der Waals surface area (Å²) in [6.07, 6.45) is 9.62. The minimum atomic E-state index is -1.88. The maximum atomic E-state index is 15.7. The first-order chi connectivity index (χ1) is 17.8. The van der Waals surface area contributed by atoms with Crippen LogP contribution in [0.15, 0.2) is 99.4 Å². The monoisotopic (exact) mass is 515 g/mol. The number of nitrogens with zero attached hydrogens (tertiary/aromatic N) is 3. The van der Waals surface area contributed by atoms with E-state index in [2.05, 4.69) is 17.6 Å². The topological polar surface area (TPSA) is 69.6 Å². The van der Waals surface area contributed by atoms with Gasteiger partial charge < -0.3 is 9.32 Å². The average molecular weight is 516 g/mol. The Balaban J connectivity index is 1.43. The summed E-state index contributed by atoms with van der Waals surface area (Å²) in [4.78, 5) is 19.9. The van der Waals surface area contributed by atoms with Crippen LogP contribution in [0.5, 0.6) is 0 Å². The molecule has 1 aliphatic carbocycles. The number of nitriles is 1. The summed E-state index contributed by atoms with van der Waals surface area (Å²) >= 11 is 6.79. The Labute approximate surface area is 220 Å². The first kappa shape index (κ1) is 25.0. The Morgan fingerprint density at radius 2 is 2.05 bits per heavy atom. The molecule has 188 valence electrons. The van der Waals surface area contributed by atoms with Gasteiger partial charge in [0, 0.05) is 30.1 Å². The van der Waals surface area contributed by atoms with Crippen LogP contribution >= 0.6 is 11.6 Å². The third-order valence-electron chi connectivity index (χ3n) is 7.66. The van der Waals surface area contributed by atoms with Crippen molar-refractivity contribution in [3.8, 4) is 6.07 Å². The van der Waals surface area contributed by atoms with Crippen LogP contribution in [0.1, 0.15) is 37.3 Å². The molecule has 2 atom stereocenters. The van der Waals surface area contributed by atoms with Crippen LogP contribution in [0, 0.1) is 17.2 Å². The number of carbonyl (C=O) groups excluding carboxylic acids is 1. The molecule has 3 heterocycles. The largest absolute Gasteiger partial charge is 0.472 e. The van der Waals surface area contributed by atoms with Crippen molar-refractivity contribution in [3.63, 3.8) is 0 Å². The Hall–Kier alpha value is -3.69. The van der Waals surface area contributed by atoms with E-state index in [1.807, 2.05) is 42.5 Å². The van der Waals surface area contributed by atoms with Crippen LogP contribution in [0.25, 0.3) is 5.57 Å². The van der Waals surface area contributed by atoms with Gasteiger partial charge in [-0.1, -0.05) is 60.7 Å². The maximum absolute atomic E-state index is 15.7. The third-order valence-corrected chi connectivity index (χ3v) is 8.10. The summed E-state index contributed by atoms with van der Waals surface area (Å²) in [7, 11) is 0. The van der Waals surface area contributed by atoms with E-state index >= 15 is 4.39 Å². The molecule has 0 N–H and O–H groups in total. The van der Waals surface area contributed by atoms with Gasteiger partial charge in [-0.3, -0.25) is 4.79 Å². The first-order valence-corrected chi connectivity index (χ1v) is 12.7. The number of amides is 1. The molecule has 0 bridgehead atoms. The minimum absolute atomic E-state index is 0.150. The molecular weight excluding hydrogens is 489 g/mol. The van der Waals surface area contributed by atoms with Gasteiger partial charge in [0.05, 0.1) is 34.8 Å². The highest BCUT2D eigenvalue weighted by molar-refractivity contribution is 6.36. The molecule has 1 saturated heterocycles. The highest BCUT2D eigenvalue weighted by atomic mass is 35.5. The van der Waals surface area contributed by atoms with Gasteiger partial charge >= 0.3 is 0 Å². The van der Waals surface area contributed by atoms with Gasteiger partial charge in [0.25, 0.3) is 5.91 Å². The number of allylic oxidation sites excluding steroid dienone is 6. The molecule has 5 rings (SSSR count). The standard InChI is InChI=1S/C30H27ClFN3O2/c1-3-29(2,32)24-17-20(21-11-16-37-18-21)9-10-23-25(31)27(34-26(23)24)28(36)35-14-12-30(19-33,13-15-35)22-7-5-4-6-8-22/h3-9,11,16-18,23H,1,10,12-15H2,2H3. The van der Waals surface area contributed by atoms with Crippen LogP contribution in [0.2, 0.25) is 0 Å². The van der Waals surface area contributed by atoms with E-state index in [-0.39, 0.29) is 11.6 Å². The van der Waals surface area contributed by atoms with Crippen molar-refractivity contribution in [2.75, 3.05) is 13.1 Å². The molecule has 2 unspecified atom stereocenters. The normalized spacial score (nSPS) is 22.6. The summed E-state index contributed by atoms with van der Waals surface area (Å²) < 4.78 is 20.9. The summed E-state index contributed by atoms with van der Waals surface area (Å²) in [5, 5.41) is 10.3. The molecular formula is C30H27ClFN3O2. The summed E-state index contributed by atoms with van der Waals surface area (Å²) in [5.41, 5.74) is 0.991. The van der Waals surface area contributed by atoms with Gasteiger partial charge in [-0.2, -0.15) is 5.26 Å². The fraction of sp³-hybridized carbons (Fsp3) is 0.300. The molecule has 1 aromatic heterocycles. The second-order valence-corrected chi connectivity index (χ2v) is 10.3. The number of likely N-dealkylation sites (tertiary alicyclic amines) is 1. The van der Waals surface area contributed by atoms with Crippen molar-refractivity contribution in [3.05, 3.63) is 101 Å². The number of hydrogen-bond acceptors (Lipinski definition) is 4. The van der Waals surface area contributed by atoms with Crippen LogP contribution in [0.4, 0.5) is 4.39 Å². The molecule has 0 spiro atoms. The lowest BCUT2D eigenvalue weighted by Gasteiger charge is -2.37. The molecule has 37 heavy (non-hydrogen) atoms. The van der Waals surface area contributed by atoms with Crippen LogP contribution in [0.3, 0.4) is 0 Å². The second-order valence-electron chi connectivity index (χ2n) is 9.84. The van der Waals surface area contributed by atoms with Gasteiger partial charge in [0.2, 0.25) is 0 Å². The van der Waals surface area contributed by atoms with Gasteiger partial charge in [0.15, 0.2) is 5.67 Å². The highest BCUT2D eigenvalue weighted by Crippen LogP contribution is 2.43. The number of hydrogen-bond donors (Lipinski definition) is 0. The molecule has 0 saturated carbocycles. The van der Waals surface area contributed by atoms with Crippen LogP contribution in [-0.2, 0) is 10.2 Å². The van der Waals surface area contributed by atoms with E-state index in [0.29, 0.717) is 48.7 Å². The first-order valence-electron chi connectivity index (χ1n) is 12.3. The van der Waals surface area contributed by atoms with E-state index in [0.717, 1.165) is 16.7 Å². The van der Waals surface area contributed by atoms with Gasteiger partial charge in [-0.15, -0.1) is 0 Å². The molecule has 1 amide bonds. The third kappa shape index (κ3) is 4.38. The predicted molar refractivity (Wildman–Crippen MR) is 142 cm³/mol. The molecule has 5 nitrogen and oxygen atoms in total. The zero-order valence-corrected chi connectivity index (χ0v) is 21.3. The smallest absolute Gasteiger partial charge is 0.273 e. The minimum Gasteiger partial charge on any atom is -0.472 e. The molecule has 0 radical (unpaired) electrons. The Kier molecular flexibility index (Phi) is 6.51. The SMILES string of the molecule is C=CC(C)(F)C1=CC(c2ccoc2)=CCC2C1=NC(C(=O)N1CCC(C#N)(c3ccccc3)CC1)=C2Cl. The number of piperidine rings is 1. The average Bonchev–Trinajstić information content (AvgIpc) is 3.53. The number of halogens is 2. The highest BCUT2D eigenvalue weighted by Gasteiger charge is 2.43. The molecule has 2 aromatic rings. The zero-order valence-electron chi connectivity index (χ0n) is 20.6. The number of benzene rings is 1. The Bertz CT molecular complexity index is 1390. The fourth-order valence-electron chi connectivity index (χ4n) is 5.28. The Morgan fingerprint density at radius 1 is 1.32 bits per heavy atom. The van der Waals surface area contributed by atoms with E-state index in [4.69, 9.17) is 16.0 Å². The molecule has 7 heteroatoms. The fourth-order valence-corrected chi connectivity index (χ4v) is 5.59. The number of aliphatic imine (C=N–C) groups is 1. The van der Waals surface area contributed by atoms with Gasteiger partial charge in [-0.05, 0) is 49.5 Å². The van der Waals surface area contributed by atoms with Crippen molar-refractivity contribution >= 4 is 28.8 Å². The lowest BCUT2D eigenvalue weighted by Crippen LogP contribution is -2.45. The van der Waals surface area contributed by atoms with Crippen LogP contribution in [-0.4, -0.2) is 35.3 Å². The van der Waals surface area contributed by atoms with E-state index < -0.39 is 17.0 Å². The van der Waals surface area contributed by atoms with Crippen molar-refractivity contribution in [1.82, 2.24) is 4.90 Å². The lowest BCUT2D eigenvalue weighted by molar-refractivity contribution is -0.128. The van der Waals surface area contributed by atoms with Gasteiger partial charge in [-0.25, -0.2) is 9.38 Å². The second kappa shape index (κ2) is 9.64. The van der Waals surface area contributed by atoms with Crippen LogP contribution < -0.4 is 0 Å². The zero-order chi connectivity index (χ0) is 26.2. The van der Waals surface area contributed by atoms with Crippen molar-refractivity contribution < 1.29 is 13.6 Å². The summed E-state index contributed by atoms with van der Waals surface area (Å²) in [5.74, 6) is -0.721. The number of furan rings is 1. The van der Waals surface area contributed by atoms with Gasteiger partial charge in [0.1, 0.15) is 5.70 Å². The quantitative estimate of drug-likeness (QED) is 0.426. The molecule has 3 aliphatic rings. The number of alkyl halides is 1. The number of carbonyl (C=O) groups is 1. The molecule has 2 aliphatic heterocycles. The number of rotatable bonds is 5. The number of fused-ring (bicyclic) bond motifs is 1. The Morgan fingerprint density at radius 3 is 2.68 bits per heavy atom. The predicted octanol–water partition coefficient (Wildman–Crippen LogP) is 6.51. The van der Waals surface area contributed by atoms with E-state index in [1.54, 1.807) is 23.5 Å². The van der Waals surface area contributed by atoms with Crippen molar-refractivity contribution in [1.29, 1.82) is 5.26 Å². The molecule has 1 aromatic carbocycles. The van der Waals surface area contributed by atoms with Crippen molar-refractivity contribution in [2.24, 2.45) is 10.9 Å². The molecule has 1 fully saturated rings. The van der Waals surface area contributed by atoms with Crippen molar-refractivity contribution in [2.45, 2.75) is 37.3 Å². The maximum Gasteiger partial charge on any atom is 0.273 e. The van der Waals surface area contributed by atoms with E-state index in [9.17, 15) is 10.1 Å².